The van der Waals surface area contributed by atoms with Crippen LogP contribution in [-0.2, 0) is 24.1 Å². The Bertz CT molecular complexity index is 281. The minimum atomic E-state index is -3.73. The lowest BCUT2D eigenvalue weighted by molar-refractivity contribution is -0.205. The van der Waals surface area contributed by atoms with Crippen molar-refractivity contribution in [3.8, 4) is 0 Å². The van der Waals surface area contributed by atoms with Crippen LogP contribution in [-0.4, -0.2) is 20.1 Å². The molecule has 0 aliphatic heterocycles. The smallest absolute Gasteiger partial charge is 0.344 e. The largest absolute Gasteiger partial charge is 0.369 e. The summed E-state index contributed by atoms with van der Waals surface area (Å²) >= 11 is 0. The summed E-state index contributed by atoms with van der Waals surface area (Å²) in [4.78, 5) is 14.5. The summed E-state index contributed by atoms with van der Waals surface area (Å²) in [6.45, 7) is 5.98. The number of rotatable bonds is 4. The summed E-state index contributed by atoms with van der Waals surface area (Å²) < 4.78 is 25.1. The van der Waals surface area contributed by atoms with Crippen LogP contribution in [0.4, 0.5) is 0 Å². The lowest BCUT2D eigenvalue weighted by Gasteiger charge is -2.00. The second kappa shape index (κ2) is 5.68. The molecular weight excluding hydrogens is 198 g/mol. The first-order valence-corrected chi connectivity index (χ1v) is 4.75. The van der Waals surface area contributed by atoms with Gasteiger partial charge in [0.2, 0.25) is 0 Å². The fourth-order valence-electron chi connectivity index (χ4n) is 0.202. The van der Waals surface area contributed by atoms with Gasteiger partial charge in [0.1, 0.15) is 0 Å². The highest BCUT2D eigenvalue weighted by Crippen LogP contribution is 1.98. The van der Waals surface area contributed by atoms with Crippen molar-refractivity contribution in [1.82, 2.24) is 6.15 Å². The van der Waals surface area contributed by atoms with Gasteiger partial charge in [-0.3, -0.25) is 4.89 Å². The lowest BCUT2D eigenvalue weighted by atomic mass is 10.4. The number of carbonyl (C=O) groups excluding carboxylic acids is 1. The van der Waals surface area contributed by atoms with Gasteiger partial charge in [0, 0.05) is 5.57 Å². The highest BCUT2D eigenvalue weighted by Gasteiger charge is 2.13. The Morgan fingerprint density at radius 1 is 1.46 bits per heavy atom. The number of hydrogen-bond acceptors (Lipinski definition) is 6. The second-order valence-electron chi connectivity index (χ2n) is 2.07. The predicted octanol–water partition coefficient (Wildman–Crippen LogP) is 0.549. The molecule has 0 fully saturated rings. The summed E-state index contributed by atoms with van der Waals surface area (Å²) in [6.07, 6.45) is 0. The van der Waals surface area contributed by atoms with E-state index in [-0.39, 0.29) is 17.5 Å². The molecular formula is C6H13NO5S. The zero-order valence-electron chi connectivity index (χ0n) is 7.57. The van der Waals surface area contributed by atoms with Gasteiger partial charge in [0.05, 0.1) is 5.75 Å². The first-order chi connectivity index (χ1) is 5.39. The van der Waals surface area contributed by atoms with E-state index in [1.54, 1.807) is 0 Å². The normalized spacial score (nSPS) is 10.0. The highest BCUT2D eigenvalue weighted by molar-refractivity contribution is 7.86. The van der Waals surface area contributed by atoms with Crippen molar-refractivity contribution < 1.29 is 22.4 Å². The molecule has 0 aliphatic rings. The summed E-state index contributed by atoms with van der Waals surface area (Å²) in [5.74, 6) is -1.15. The van der Waals surface area contributed by atoms with Crippen molar-refractivity contribution in [2.45, 2.75) is 13.8 Å². The summed E-state index contributed by atoms with van der Waals surface area (Å²) in [5.41, 5.74) is 0.0707. The highest BCUT2D eigenvalue weighted by atomic mass is 32.2. The van der Waals surface area contributed by atoms with Crippen molar-refractivity contribution >= 4 is 16.1 Å². The van der Waals surface area contributed by atoms with Gasteiger partial charge in [-0.05, 0) is 13.8 Å². The van der Waals surface area contributed by atoms with Crippen LogP contribution >= 0.6 is 0 Å². The molecule has 0 aromatic carbocycles. The Morgan fingerprint density at radius 2 is 1.92 bits per heavy atom. The Kier molecular flexibility index (Phi) is 6.38. The number of carbonyl (C=O) groups is 1. The van der Waals surface area contributed by atoms with Crippen molar-refractivity contribution in [1.29, 1.82) is 0 Å². The average molecular weight is 211 g/mol. The molecule has 0 unspecified atom stereocenters. The molecule has 0 amide bonds. The first kappa shape index (κ1) is 14.6. The minimum Gasteiger partial charge on any atom is -0.344 e. The van der Waals surface area contributed by atoms with E-state index in [1.807, 2.05) is 0 Å². The van der Waals surface area contributed by atoms with Gasteiger partial charge in [-0.2, -0.15) is 8.42 Å². The van der Waals surface area contributed by atoms with E-state index in [9.17, 15) is 13.2 Å². The molecule has 78 valence electrons. The molecule has 0 bridgehead atoms. The molecule has 0 aromatic heterocycles. The van der Waals surface area contributed by atoms with Crippen LogP contribution in [0.3, 0.4) is 0 Å². The molecule has 0 saturated carbocycles. The third-order valence-corrected chi connectivity index (χ3v) is 1.90. The Hall–Kier alpha value is -0.920. The zero-order valence-corrected chi connectivity index (χ0v) is 8.39. The van der Waals surface area contributed by atoms with E-state index < -0.39 is 16.1 Å². The van der Waals surface area contributed by atoms with Crippen LogP contribution in [0, 0.1) is 0 Å². The van der Waals surface area contributed by atoms with Crippen molar-refractivity contribution in [3.05, 3.63) is 12.2 Å². The first-order valence-electron chi connectivity index (χ1n) is 3.17. The molecule has 13 heavy (non-hydrogen) atoms. The van der Waals surface area contributed by atoms with Crippen LogP contribution in [0.25, 0.3) is 0 Å². The molecule has 0 heterocycles. The van der Waals surface area contributed by atoms with Gasteiger partial charge in [0.15, 0.2) is 0 Å². The molecule has 0 aromatic rings. The Labute approximate surface area is 77.2 Å². The van der Waals surface area contributed by atoms with Crippen LogP contribution in [0.2, 0.25) is 0 Å². The van der Waals surface area contributed by atoms with Crippen LogP contribution < -0.4 is 6.15 Å². The fourth-order valence-corrected chi connectivity index (χ4v) is 0.464. The van der Waals surface area contributed by atoms with Crippen LogP contribution in [0.5, 0.6) is 0 Å². The molecule has 7 heteroatoms. The molecule has 0 atom stereocenters. The number of hydrogen-bond donors (Lipinski definition) is 1. The Balaban J connectivity index is 0. The topological polar surface area (TPSA) is 105 Å². The molecule has 0 spiro atoms. The van der Waals surface area contributed by atoms with E-state index in [0.717, 1.165) is 0 Å². The van der Waals surface area contributed by atoms with Gasteiger partial charge >= 0.3 is 16.1 Å². The summed E-state index contributed by atoms with van der Waals surface area (Å²) in [7, 11) is -3.73. The van der Waals surface area contributed by atoms with Gasteiger partial charge in [-0.15, -0.1) is 0 Å². The van der Waals surface area contributed by atoms with Crippen LogP contribution in [0.15, 0.2) is 12.2 Å². The monoisotopic (exact) mass is 211 g/mol. The molecule has 0 aliphatic carbocycles. The molecule has 6 nitrogen and oxygen atoms in total. The standard InChI is InChI=1S/C6H10O5S.H3N/c1-4-12(8,9)11-10-6(7)5(2)3;/h2,4H2,1,3H3;1H3. The third-order valence-electron chi connectivity index (χ3n) is 0.915. The molecule has 0 rings (SSSR count). The van der Waals surface area contributed by atoms with Crippen molar-refractivity contribution in [2.75, 3.05) is 5.75 Å². The van der Waals surface area contributed by atoms with Crippen LogP contribution in [0.1, 0.15) is 13.8 Å². The maximum Gasteiger partial charge on any atom is 0.369 e. The Morgan fingerprint density at radius 3 is 2.23 bits per heavy atom. The quantitative estimate of drug-likeness (QED) is 0.413. The summed E-state index contributed by atoms with van der Waals surface area (Å²) in [5, 5.41) is 0. The fraction of sp³-hybridized carbons (Fsp3) is 0.500. The van der Waals surface area contributed by atoms with Crippen molar-refractivity contribution in [3.63, 3.8) is 0 Å². The maximum atomic E-state index is 10.6. The van der Waals surface area contributed by atoms with Gasteiger partial charge in [0.25, 0.3) is 0 Å². The molecule has 3 N–H and O–H groups in total. The van der Waals surface area contributed by atoms with E-state index in [0.29, 0.717) is 0 Å². The summed E-state index contributed by atoms with van der Waals surface area (Å²) in [6, 6.07) is 0. The molecule has 0 saturated heterocycles. The maximum absolute atomic E-state index is 10.6. The van der Waals surface area contributed by atoms with Gasteiger partial charge < -0.3 is 6.15 Å². The SMILES string of the molecule is C=C(C)C(=O)OOS(=O)(=O)CC.N. The third kappa shape index (κ3) is 6.26. The van der Waals surface area contributed by atoms with E-state index in [2.05, 4.69) is 15.8 Å². The predicted molar refractivity (Wildman–Crippen MR) is 46.5 cm³/mol. The zero-order chi connectivity index (χ0) is 9.78. The lowest BCUT2D eigenvalue weighted by Crippen LogP contribution is -2.13. The second-order valence-corrected chi connectivity index (χ2v) is 3.89. The van der Waals surface area contributed by atoms with Gasteiger partial charge in [-0.25, -0.2) is 4.79 Å². The van der Waals surface area contributed by atoms with E-state index >= 15 is 0 Å². The van der Waals surface area contributed by atoms with E-state index in [1.165, 1.54) is 13.8 Å². The van der Waals surface area contributed by atoms with Crippen molar-refractivity contribution in [2.24, 2.45) is 0 Å². The van der Waals surface area contributed by atoms with Gasteiger partial charge in [-0.1, -0.05) is 10.9 Å². The molecule has 0 radical (unpaired) electrons. The average Bonchev–Trinajstić information content (AvgIpc) is 2.00. The van der Waals surface area contributed by atoms with E-state index in [4.69, 9.17) is 0 Å². The minimum absolute atomic E-state index is 0.